The van der Waals surface area contributed by atoms with Gasteiger partial charge in [-0.2, -0.15) is 0 Å². The quantitative estimate of drug-likeness (QED) is 0.659. The first-order valence-corrected chi connectivity index (χ1v) is 4.46. The molecule has 0 unspecified atom stereocenters. The van der Waals surface area contributed by atoms with Gasteiger partial charge < -0.3 is 5.11 Å². The van der Waals surface area contributed by atoms with Crippen molar-refractivity contribution < 1.29 is 15.0 Å². The summed E-state index contributed by atoms with van der Waals surface area (Å²) in [5, 5.41) is 30.3. The van der Waals surface area contributed by atoms with E-state index in [2.05, 4.69) is 15.9 Å². The van der Waals surface area contributed by atoms with E-state index in [1.54, 1.807) is 0 Å². The van der Waals surface area contributed by atoms with Gasteiger partial charge in [0.15, 0.2) is 0 Å². The fraction of sp³-hybridized carbons (Fsp3) is 0.143. The van der Waals surface area contributed by atoms with Crippen LogP contribution >= 0.6 is 15.9 Å². The first-order chi connectivity index (χ1) is 6.86. The number of nitro groups is 2. The highest BCUT2D eigenvalue weighted by molar-refractivity contribution is 9.10. The predicted molar refractivity (Wildman–Crippen MR) is 53.9 cm³/mol. The van der Waals surface area contributed by atoms with Crippen molar-refractivity contribution in [3.8, 4) is 5.75 Å². The lowest BCUT2D eigenvalue weighted by Gasteiger charge is -2.03. The Hall–Kier alpha value is -1.70. The number of benzene rings is 1. The van der Waals surface area contributed by atoms with E-state index >= 15 is 0 Å². The number of phenols is 1. The van der Waals surface area contributed by atoms with Gasteiger partial charge in [-0.15, -0.1) is 0 Å². The second-order valence-corrected chi connectivity index (χ2v) is 3.51. The number of hydrogen-bond acceptors (Lipinski definition) is 5. The number of aromatic hydroxyl groups is 1. The largest absolute Gasteiger partial charge is 0.501 e. The molecule has 0 heterocycles. The lowest BCUT2D eigenvalue weighted by molar-refractivity contribution is -0.395. The van der Waals surface area contributed by atoms with E-state index in [1.165, 1.54) is 6.92 Å². The Morgan fingerprint density at radius 3 is 2.13 bits per heavy atom. The SMILES string of the molecule is Cc1c([N+](=O)[O-])cc([N+](=O)[O-])c(O)c1Br. The Bertz CT molecular complexity index is 421. The van der Waals surface area contributed by atoms with Crippen molar-refractivity contribution in [2.45, 2.75) is 6.92 Å². The molecule has 0 fully saturated rings. The lowest BCUT2D eigenvalue weighted by Crippen LogP contribution is -1.97. The molecule has 0 radical (unpaired) electrons. The Balaban J connectivity index is 3.59. The third kappa shape index (κ3) is 1.89. The molecular weight excluding hydrogens is 272 g/mol. The molecule has 0 aliphatic heterocycles. The van der Waals surface area contributed by atoms with Crippen LogP contribution in [0, 0.1) is 27.2 Å². The first kappa shape index (κ1) is 11.4. The van der Waals surface area contributed by atoms with Crippen LogP contribution in [0.4, 0.5) is 11.4 Å². The summed E-state index contributed by atoms with van der Waals surface area (Å²) in [6.07, 6.45) is 0. The molecule has 1 aromatic carbocycles. The van der Waals surface area contributed by atoms with Crippen LogP contribution in [0.1, 0.15) is 5.56 Å². The molecule has 0 aliphatic carbocycles. The Morgan fingerprint density at radius 1 is 1.27 bits per heavy atom. The Kier molecular flexibility index (Phi) is 2.89. The fourth-order valence-electron chi connectivity index (χ4n) is 1.04. The minimum absolute atomic E-state index is 0.0385. The molecule has 0 aromatic heterocycles. The van der Waals surface area contributed by atoms with Gasteiger partial charge in [0, 0.05) is 5.56 Å². The zero-order valence-electron chi connectivity index (χ0n) is 7.43. The normalized spacial score (nSPS) is 10.0. The smallest absolute Gasteiger partial charge is 0.318 e. The van der Waals surface area contributed by atoms with Crippen LogP contribution < -0.4 is 0 Å². The summed E-state index contributed by atoms with van der Waals surface area (Å²) < 4.78 is -0.0385. The molecule has 0 spiro atoms. The minimum Gasteiger partial charge on any atom is -0.501 e. The molecule has 0 saturated heterocycles. The lowest BCUT2D eigenvalue weighted by atomic mass is 10.1. The molecule has 1 rings (SSSR count). The molecule has 8 heteroatoms. The van der Waals surface area contributed by atoms with Crippen LogP contribution in [-0.4, -0.2) is 15.0 Å². The van der Waals surface area contributed by atoms with Crippen LogP contribution in [-0.2, 0) is 0 Å². The highest BCUT2D eigenvalue weighted by atomic mass is 79.9. The van der Waals surface area contributed by atoms with E-state index in [9.17, 15) is 25.3 Å². The first-order valence-electron chi connectivity index (χ1n) is 3.67. The average Bonchev–Trinajstić information content (AvgIpc) is 2.13. The van der Waals surface area contributed by atoms with Crippen molar-refractivity contribution >= 4 is 27.3 Å². The van der Waals surface area contributed by atoms with Gasteiger partial charge >= 0.3 is 5.69 Å². The van der Waals surface area contributed by atoms with Gasteiger partial charge in [0.1, 0.15) is 0 Å². The number of nitro benzene ring substituents is 2. The molecule has 0 aliphatic rings. The number of halogens is 1. The second kappa shape index (κ2) is 3.81. The molecule has 0 saturated carbocycles. The van der Waals surface area contributed by atoms with Gasteiger partial charge in [-0.1, -0.05) is 0 Å². The molecule has 80 valence electrons. The summed E-state index contributed by atoms with van der Waals surface area (Å²) in [6, 6.07) is 0.732. The van der Waals surface area contributed by atoms with E-state index in [0.717, 1.165) is 6.07 Å². The number of hydrogen-bond donors (Lipinski definition) is 1. The molecular formula is C7H5BrN2O5. The highest BCUT2D eigenvalue weighted by Gasteiger charge is 2.26. The Labute approximate surface area is 91.8 Å². The minimum atomic E-state index is -0.882. The number of rotatable bonds is 2. The molecule has 0 bridgehead atoms. The van der Waals surface area contributed by atoms with E-state index < -0.39 is 27.0 Å². The third-order valence-electron chi connectivity index (χ3n) is 1.83. The van der Waals surface area contributed by atoms with E-state index in [1.807, 2.05) is 0 Å². The van der Waals surface area contributed by atoms with Crippen molar-refractivity contribution in [3.63, 3.8) is 0 Å². The van der Waals surface area contributed by atoms with Crippen molar-refractivity contribution in [1.29, 1.82) is 0 Å². The van der Waals surface area contributed by atoms with Crippen LogP contribution in [0.25, 0.3) is 0 Å². The standard InChI is InChI=1S/C7H5BrN2O5/c1-3-4(9(12)13)2-5(10(14)15)7(11)6(3)8/h2,11H,1H3. The number of phenolic OH excluding ortho intramolecular Hbond substituents is 1. The molecule has 1 N–H and O–H groups in total. The third-order valence-corrected chi connectivity index (χ3v) is 2.80. The summed E-state index contributed by atoms with van der Waals surface area (Å²) in [5.41, 5.74) is -0.964. The van der Waals surface area contributed by atoms with E-state index in [4.69, 9.17) is 0 Å². The Morgan fingerprint density at radius 2 is 1.73 bits per heavy atom. The fourth-order valence-corrected chi connectivity index (χ4v) is 1.44. The maximum atomic E-state index is 10.5. The molecule has 15 heavy (non-hydrogen) atoms. The highest BCUT2D eigenvalue weighted by Crippen LogP contribution is 2.40. The van der Waals surface area contributed by atoms with E-state index in [-0.39, 0.29) is 10.0 Å². The average molecular weight is 277 g/mol. The van der Waals surface area contributed by atoms with Crippen LogP contribution in [0.5, 0.6) is 5.75 Å². The van der Waals surface area contributed by atoms with Gasteiger partial charge in [0.25, 0.3) is 5.69 Å². The van der Waals surface area contributed by atoms with Gasteiger partial charge in [-0.3, -0.25) is 20.2 Å². The van der Waals surface area contributed by atoms with E-state index in [0.29, 0.717) is 0 Å². The summed E-state index contributed by atoms with van der Waals surface area (Å²) in [5.74, 6) is -0.608. The zero-order valence-corrected chi connectivity index (χ0v) is 9.02. The van der Waals surface area contributed by atoms with Crippen molar-refractivity contribution in [2.75, 3.05) is 0 Å². The van der Waals surface area contributed by atoms with Crippen molar-refractivity contribution in [1.82, 2.24) is 0 Å². The van der Waals surface area contributed by atoms with Gasteiger partial charge in [-0.25, -0.2) is 0 Å². The van der Waals surface area contributed by atoms with Crippen molar-refractivity contribution in [3.05, 3.63) is 36.3 Å². The summed E-state index contributed by atoms with van der Waals surface area (Å²) >= 11 is 2.86. The van der Waals surface area contributed by atoms with Crippen molar-refractivity contribution in [2.24, 2.45) is 0 Å². The molecule has 0 atom stereocenters. The predicted octanol–water partition coefficient (Wildman–Crippen LogP) is 2.28. The van der Waals surface area contributed by atoms with Crippen LogP contribution in [0.2, 0.25) is 0 Å². The summed E-state index contributed by atoms with van der Waals surface area (Å²) in [4.78, 5) is 19.4. The molecule has 0 amide bonds. The van der Waals surface area contributed by atoms with Gasteiger partial charge in [0.05, 0.1) is 20.4 Å². The molecule has 7 nitrogen and oxygen atoms in total. The molecule has 1 aromatic rings. The summed E-state index contributed by atoms with van der Waals surface area (Å²) in [7, 11) is 0. The number of nitrogens with zero attached hydrogens (tertiary/aromatic N) is 2. The van der Waals surface area contributed by atoms with Gasteiger partial charge in [0.2, 0.25) is 5.75 Å². The topological polar surface area (TPSA) is 107 Å². The summed E-state index contributed by atoms with van der Waals surface area (Å²) in [6.45, 7) is 1.38. The van der Waals surface area contributed by atoms with Crippen LogP contribution in [0.15, 0.2) is 10.5 Å². The monoisotopic (exact) mass is 276 g/mol. The second-order valence-electron chi connectivity index (χ2n) is 2.72. The maximum absolute atomic E-state index is 10.5. The zero-order chi connectivity index (χ0) is 11.7. The maximum Gasteiger partial charge on any atom is 0.318 e. The van der Waals surface area contributed by atoms with Gasteiger partial charge in [-0.05, 0) is 22.9 Å². The van der Waals surface area contributed by atoms with Crippen LogP contribution in [0.3, 0.4) is 0 Å².